The zero-order valence-electron chi connectivity index (χ0n) is 20.8. The van der Waals surface area contributed by atoms with Crippen LogP contribution in [0.1, 0.15) is 31.7 Å². The van der Waals surface area contributed by atoms with Gasteiger partial charge >= 0.3 is 6.09 Å². The van der Waals surface area contributed by atoms with Gasteiger partial charge in [-0.05, 0) is 50.1 Å². The molecule has 1 spiro atoms. The standard InChI is InChI=1S/C25H28ClN5O5S/c1-16(2)36-24(33)29-14-25(15-29)18-7-8-27-12-21(18)31(23(25)32)13-22-28-19-11-17(26)5-6-20(19)30(22)9-4-10-37(3,34)35/h5-8,11-12,16H,4,9-10,13-15H2,1-3H3. The number of nitrogens with zero attached hydrogens (tertiary/aromatic N) is 5. The molecule has 196 valence electrons. The maximum atomic E-state index is 13.9. The number of anilines is 1. The maximum absolute atomic E-state index is 13.9. The second kappa shape index (κ2) is 9.29. The van der Waals surface area contributed by atoms with Crippen molar-refractivity contribution in [2.75, 3.05) is 30.0 Å². The number of sulfone groups is 1. The number of hydrogen-bond donors (Lipinski definition) is 0. The first-order valence-electron chi connectivity index (χ1n) is 12.0. The predicted molar refractivity (Wildman–Crippen MR) is 139 cm³/mol. The molecule has 0 N–H and O–H groups in total. The van der Waals surface area contributed by atoms with Crippen molar-refractivity contribution in [1.82, 2.24) is 19.4 Å². The number of carbonyl (C=O) groups is 2. The molecule has 2 aromatic heterocycles. The normalized spacial score (nSPS) is 16.5. The van der Waals surface area contributed by atoms with Crippen LogP contribution in [0.2, 0.25) is 5.02 Å². The Kier molecular flexibility index (Phi) is 6.39. The first-order chi connectivity index (χ1) is 17.5. The fourth-order valence-corrected chi connectivity index (χ4v) is 5.93. The molecule has 0 aliphatic carbocycles. The van der Waals surface area contributed by atoms with Crippen LogP contribution >= 0.6 is 11.6 Å². The van der Waals surface area contributed by atoms with Crippen LogP contribution in [-0.4, -0.2) is 71.1 Å². The highest BCUT2D eigenvalue weighted by Crippen LogP contribution is 2.47. The van der Waals surface area contributed by atoms with Crippen LogP contribution in [0.25, 0.3) is 11.0 Å². The SMILES string of the molecule is CC(C)OC(=O)N1CC2(C1)C(=O)N(Cc1nc3cc(Cl)ccc3n1CCCS(C)(=O)=O)c1cnccc12. The molecule has 5 rings (SSSR count). The molecule has 0 saturated carbocycles. The molecule has 0 bridgehead atoms. The number of aryl methyl sites for hydroxylation is 1. The van der Waals surface area contributed by atoms with E-state index >= 15 is 0 Å². The minimum Gasteiger partial charge on any atom is -0.447 e. The molecule has 2 aliphatic heterocycles. The number of carbonyl (C=O) groups excluding carboxylic acids is 2. The second-order valence-corrected chi connectivity index (χ2v) is 12.6. The molecular formula is C25H28ClN5O5S. The fourth-order valence-electron chi connectivity index (χ4n) is 5.11. The van der Waals surface area contributed by atoms with Gasteiger partial charge in [-0.1, -0.05) is 11.6 Å². The monoisotopic (exact) mass is 545 g/mol. The first-order valence-corrected chi connectivity index (χ1v) is 14.5. The number of halogens is 1. The summed E-state index contributed by atoms with van der Waals surface area (Å²) in [5.41, 5.74) is 2.12. The van der Waals surface area contributed by atoms with Gasteiger partial charge in [0.05, 0.1) is 41.3 Å². The molecule has 1 fully saturated rings. The average molecular weight is 546 g/mol. The van der Waals surface area contributed by atoms with E-state index in [-0.39, 0.29) is 37.4 Å². The Balaban J connectivity index is 1.46. The molecule has 0 atom stereocenters. The van der Waals surface area contributed by atoms with Crippen molar-refractivity contribution in [3.8, 4) is 0 Å². The van der Waals surface area contributed by atoms with Crippen molar-refractivity contribution in [2.45, 2.75) is 44.9 Å². The number of likely N-dealkylation sites (tertiary alicyclic amines) is 1. The lowest BCUT2D eigenvalue weighted by Gasteiger charge is -2.46. The highest BCUT2D eigenvalue weighted by Gasteiger charge is 2.59. The second-order valence-electron chi connectivity index (χ2n) is 9.95. The lowest BCUT2D eigenvalue weighted by molar-refractivity contribution is -0.128. The van der Waals surface area contributed by atoms with E-state index in [1.165, 1.54) is 11.2 Å². The zero-order chi connectivity index (χ0) is 26.5. The van der Waals surface area contributed by atoms with Crippen molar-refractivity contribution in [1.29, 1.82) is 0 Å². The molecule has 37 heavy (non-hydrogen) atoms. The average Bonchev–Trinajstić information content (AvgIpc) is 3.23. The van der Waals surface area contributed by atoms with Crippen LogP contribution in [0.3, 0.4) is 0 Å². The van der Waals surface area contributed by atoms with Gasteiger partial charge in [0, 0.05) is 37.1 Å². The zero-order valence-corrected chi connectivity index (χ0v) is 22.4. The van der Waals surface area contributed by atoms with Crippen LogP contribution in [0, 0.1) is 0 Å². The lowest BCUT2D eigenvalue weighted by atomic mass is 9.75. The van der Waals surface area contributed by atoms with Gasteiger partial charge in [0.15, 0.2) is 0 Å². The molecule has 0 unspecified atom stereocenters. The predicted octanol–water partition coefficient (Wildman–Crippen LogP) is 3.16. The highest BCUT2D eigenvalue weighted by molar-refractivity contribution is 7.90. The Morgan fingerprint density at radius 2 is 2.00 bits per heavy atom. The third-order valence-electron chi connectivity index (χ3n) is 6.76. The minimum absolute atomic E-state index is 0.0422. The van der Waals surface area contributed by atoms with Gasteiger partial charge in [-0.15, -0.1) is 0 Å². The summed E-state index contributed by atoms with van der Waals surface area (Å²) in [5.74, 6) is 0.527. The summed E-state index contributed by atoms with van der Waals surface area (Å²) in [4.78, 5) is 38.5. The fraction of sp³-hybridized carbons (Fsp3) is 0.440. The Morgan fingerprint density at radius 3 is 2.70 bits per heavy atom. The van der Waals surface area contributed by atoms with Crippen LogP contribution in [0.15, 0.2) is 36.7 Å². The van der Waals surface area contributed by atoms with Gasteiger partial charge in [-0.25, -0.2) is 18.2 Å². The number of ether oxygens (including phenoxy) is 1. The van der Waals surface area contributed by atoms with Gasteiger partial charge in [0.2, 0.25) is 5.91 Å². The quantitative estimate of drug-likeness (QED) is 0.448. The van der Waals surface area contributed by atoms with E-state index in [9.17, 15) is 18.0 Å². The molecule has 2 aliphatic rings. The van der Waals surface area contributed by atoms with E-state index in [0.717, 1.165) is 11.1 Å². The van der Waals surface area contributed by atoms with E-state index in [1.54, 1.807) is 43.3 Å². The molecular weight excluding hydrogens is 518 g/mol. The summed E-state index contributed by atoms with van der Waals surface area (Å²) < 4.78 is 30.7. The van der Waals surface area contributed by atoms with E-state index in [2.05, 4.69) is 4.98 Å². The van der Waals surface area contributed by atoms with Crippen LogP contribution < -0.4 is 4.90 Å². The number of rotatable bonds is 7. The molecule has 1 aromatic carbocycles. The van der Waals surface area contributed by atoms with Crippen LogP contribution in [-0.2, 0) is 37.9 Å². The summed E-state index contributed by atoms with van der Waals surface area (Å²) in [7, 11) is -3.12. The third-order valence-corrected chi connectivity index (χ3v) is 8.03. The number of fused-ring (bicyclic) bond motifs is 3. The largest absolute Gasteiger partial charge is 0.447 e. The summed E-state index contributed by atoms with van der Waals surface area (Å²) in [5, 5.41) is 0.536. The summed E-state index contributed by atoms with van der Waals surface area (Å²) in [6.07, 6.45) is 4.24. The number of imidazole rings is 1. The molecule has 4 heterocycles. The van der Waals surface area contributed by atoms with Crippen molar-refractivity contribution >= 4 is 50.2 Å². The maximum Gasteiger partial charge on any atom is 0.410 e. The topological polar surface area (TPSA) is 115 Å². The molecule has 1 saturated heterocycles. The number of benzene rings is 1. The molecule has 0 radical (unpaired) electrons. The van der Waals surface area contributed by atoms with Gasteiger partial charge in [0.25, 0.3) is 0 Å². The Morgan fingerprint density at radius 1 is 1.24 bits per heavy atom. The van der Waals surface area contributed by atoms with Crippen LogP contribution in [0.4, 0.5) is 10.5 Å². The number of aromatic nitrogens is 3. The van der Waals surface area contributed by atoms with Gasteiger partial charge in [0.1, 0.15) is 21.1 Å². The minimum atomic E-state index is -3.12. The summed E-state index contributed by atoms with van der Waals surface area (Å²) >= 11 is 6.20. The third kappa shape index (κ3) is 4.66. The molecule has 12 heteroatoms. The van der Waals surface area contributed by atoms with E-state index in [4.69, 9.17) is 21.3 Å². The number of hydrogen-bond acceptors (Lipinski definition) is 7. The van der Waals surface area contributed by atoms with E-state index in [1.807, 2.05) is 16.7 Å². The van der Waals surface area contributed by atoms with Crippen molar-refractivity contribution < 1.29 is 22.7 Å². The smallest absolute Gasteiger partial charge is 0.410 e. The first kappa shape index (κ1) is 25.5. The van der Waals surface area contributed by atoms with Crippen molar-refractivity contribution in [2.24, 2.45) is 0 Å². The Labute approximate surface area is 220 Å². The van der Waals surface area contributed by atoms with Gasteiger partial charge < -0.3 is 19.1 Å². The highest BCUT2D eigenvalue weighted by atomic mass is 35.5. The van der Waals surface area contributed by atoms with E-state index < -0.39 is 21.3 Å². The molecule has 10 nitrogen and oxygen atoms in total. The molecule has 2 amide bonds. The number of pyridine rings is 1. The Bertz CT molecular complexity index is 1500. The molecule has 3 aromatic rings. The van der Waals surface area contributed by atoms with Gasteiger partial charge in [-0.3, -0.25) is 9.78 Å². The Hall–Kier alpha value is -3.18. The summed E-state index contributed by atoms with van der Waals surface area (Å²) in [6.45, 7) is 4.61. The summed E-state index contributed by atoms with van der Waals surface area (Å²) in [6, 6.07) is 7.19. The van der Waals surface area contributed by atoms with E-state index in [0.29, 0.717) is 35.0 Å². The van der Waals surface area contributed by atoms with Gasteiger partial charge in [-0.2, -0.15) is 0 Å². The van der Waals surface area contributed by atoms with Crippen LogP contribution in [0.5, 0.6) is 0 Å². The van der Waals surface area contributed by atoms with Crippen molar-refractivity contribution in [3.05, 3.63) is 53.1 Å². The number of amides is 2. The van der Waals surface area contributed by atoms with Crippen molar-refractivity contribution in [3.63, 3.8) is 0 Å². The lowest BCUT2D eigenvalue weighted by Crippen LogP contribution is -2.65.